The Labute approximate surface area is 119 Å². The highest BCUT2D eigenvalue weighted by molar-refractivity contribution is 7.91. The first-order valence-corrected chi connectivity index (χ1v) is 8.46. The first-order chi connectivity index (χ1) is 9.26. The lowest BCUT2D eigenvalue weighted by Crippen LogP contribution is -2.49. The van der Waals surface area contributed by atoms with Crippen LogP contribution in [0.15, 0.2) is 0 Å². The summed E-state index contributed by atoms with van der Waals surface area (Å²) >= 11 is 0. The van der Waals surface area contributed by atoms with Gasteiger partial charge in [-0.25, -0.2) is 8.42 Å². The summed E-state index contributed by atoms with van der Waals surface area (Å²) in [5.41, 5.74) is -0.682. The lowest BCUT2D eigenvalue weighted by atomic mass is 10.0. The Kier molecular flexibility index (Phi) is 5.94. The van der Waals surface area contributed by atoms with Gasteiger partial charge in [0.15, 0.2) is 9.84 Å². The number of carbonyl (C=O) groups is 2. The molecule has 7 nitrogen and oxygen atoms in total. The van der Waals surface area contributed by atoms with E-state index in [1.54, 1.807) is 13.8 Å². The molecule has 0 radical (unpaired) electrons. The fourth-order valence-electron chi connectivity index (χ4n) is 2.12. The fourth-order valence-corrected chi connectivity index (χ4v) is 4.21. The van der Waals surface area contributed by atoms with Gasteiger partial charge >= 0.3 is 5.97 Å². The highest BCUT2D eigenvalue weighted by Crippen LogP contribution is 2.22. The number of esters is 1. The highest BCUT2D eigenvalue weighted by Gasteiger charge is 2.39. The third-order valence-electron chi connectivity index (χ3n) is 3.04. The Morgan fingerprint density at radius 2 is 2.05 bits per heavy atom. The summed E-state index contributed by atoms with van der Waals surface area (Å²) in [5.74, 6) is -0.489. The molecule has 1 atom stereocenters. The molecular formula is C12H22N2O5S. The lowest BCUT2D eigenvalue weighted by Gasteiger charge is -2.23. The summed E-state index contributed by atoms with van der Waals surface area (Å²) in [7, 11) is -3.04. The van der Waals surface area contributed by atoms with Crippen LogP contribution >= 0.6 is 0 Å². The number of ether oxygens (including phenoxy) is 1. The number of amides is 1. The van der Waals surface area contributed by atoms with E-state index in [-0.39, 0.29) is 36.3 Å². The van der Waals surface area contributed by atoms with E-state index in [4.69, 9.17) is 4.74 Å². The summed E-state index contributed by atoms with van der Waals surface area (Å²) in [6.45, 7) is 4.20. The zero-order valence-electron chi connectivity index (χ0n) is 11.9. The summed E-state index contributed by atoms with van der Waals surface area (Å²) in [5, 5.41) is 5.55. The molecule has 1 heterocycles. The van der Waals surface area contributed by atoms with Crippen LogP contribution < -0.4 is 10.6 Å². The maximum Gasteiger partial charge on any atom is 0.307 e. The van der Waals surface area contributed by atoms with E-state index >= 15 is 0 Å². The van der Waals surface area contributed by atoms with Gasteiger partial charge < -0.3 is 15.4 Å². The summed E-state index contributed by atoms with van der Waals surface area (Å²) < 4.78 is 27.6. The van der Waals surface area contributed by atoms with Crippen molar-refractivity contribution in [3.8, 4) is 0 Å². The third-order valence-corrected chi connectivity index (χ3v) is 4.94. The molecule has 116 valence electrons. The van der Waals surface area contributed by atoms with Crippen molar-refractivity contribution < 1.29 is 22.7 Å². The van der Waals surface area contributed by atoms with Crippen molar-refractivity contribution >= 4 is 21.7 Å². The second-order valence-electron chi connectivity index (χ2n) is 5.18. The fraction of sp³-hybridized carbons (Fsp3) is 0.833. The standard InChI is InChI=1S/C12H22N2O5S/c1-3-19-11(16)4-6-13-8-10(15)14-12(2)5-7-20(17,18)9-12/h13H,3-9H2,1-2H3,(H,14,15). The molecule has 0 spiro atoms. The number of sulfone groups is 1. The molecule has 1 fully saturated rings. The predicted molar refractivity (Wildman–Crippen MR) is 73.9 cm³/mol. The van der Waals surface area contributed by atoms with Crippen molar-refractivity contribution in [1.82, 2.24) is 10.6 Å². The second kappa shape index (κ2) is 7.03. The van der Waals surface area contributed by atoms with E-state index in [1.165, 1.54) is 0 Å². The van der Waals surface area contributed by atoms with Crippen molar-refractivity contribution in [3.63, 3.8) is 0 Å². The van der Waals surface area contributed by atoms with Gasteiger partial charge in [0.2, 0.25) is 5.91 Å². The molecule has 1 amide bonds. The lowest BCUT2D eigenvalue weighted by molar-refractivity contribution is -0.143. The minimum absolute atomic E-state index is 0.0193. The van der Waals surface area contributed by atoms with Gasteiger partial charge in [0, 0.05) is 6.54 Å². The first kappa shape index (κ1) is 16.9. The van der Waals surface area contributed by atoms with Gasteiger partial charge in [-0.1, -0.05) is 0 Å². The van der Waals surface area contributed by atoms with E-state index in [9.17, 15) is 18.0 Å². The van der Waals surface area contributed by atoms with Crippen LogP contribution in [-0.2, 0) is 24.2 Å². The first-order valence-electron chi connectivity index (χ1n) is 6.64. The van der Waals surface area contributed by atoms with Gasteiger partial charge in [0.25, 0.3) is 0 Å². The number of hydrogen-bond acceptors (Lipinski definition) is 6. The topological polar surface area (TPSA) is 102 Å². The molecule has 2 N–H and O–H groups in total. The maximum absolute atomic E-state index is 11.7. The van der Waals surface area contributed by atoms with E-state index in [2.05, 4.69) is 10.6 Å². The third kappa shape index (κ3) is 5.87. The van der Waals surface area contributed by atoms with Crippen LogP contribution in [0.1, 0.15) is 26.7 Å². The summed E-state index contributed by atoms with van der Waals surface area (Å²) in [6, 6.07) is 0. The molecule has 1 rings (SSSR count). The SMILES string of the molecule is CCOC(=O)CCNCC(=O)NC1(C)CCS(=O)(=O)C1. The quantitative estimate of drug-likeness (QED) is 0.473. The average Bonchev–Trinajstić information content (AvgIpc) is 2.59. The minimum atomic E-state index is -3.04. The van der Waals surface area contributed by atoms with Crippen LogP contribution in [0.4, 0.5) is 0 Å². The van der Waals surface area contributed by atoms with Crippen LogP contribution in [0.3, 0.4) is 0 Å². The number of hydrogen-bond donors (Lipinski definition) is 2. The largest absolute Gasteiger partial charge is 0.466 e. The normalized spacial score (nSPS) is 24.3. The Bertz CT molecular complexity index is 462. The molecular weight excluding hydrogens is 284 g/mol. The predicted octanol–water partition coefficient (Wildman–Crippen LogP) is -0.777. The molecule has 0 aromatic rings. The molecule has 8 heteroatoms. The zero-order chi connectivity index (χ0) is 15.2. The van der Waals surface area contributed by atoms with Gasteiger partial charge in [-0.05, 0) is 20.3 Å². The number of rotatable bonds is 7. The van der Waals surface area contributed by atoms with E-state index in [0.29, 0.717) is 19.6 Å². The molecule has 0 aliphatic carbocycles. The smallest absolute Gasteiger partial charge is 0.307 e. The molecule has 1 aliphatic rings. The maximum atomic E-state index is 11.7. The Morgan fingerprint density at radius 1 is 1.35 bits per heavy atom. The number of nitrogens with one attached hydrogen (secondary N) is 2. The van der Waals surface area contributed by atoms with Crippen LogP contribution in [0.2, 0.25) is 0 Å². The summed E-state index contributed by atoms with van der Waals surface area (Å²) in [4.78, 5) is 22.8. The molecule has 0 saturated carbocycles. The van der Waals surface area contributed by atoms with Gasteiger partial charge in [-0.15, -0.1) is 0 Å². The van der Waals surface area contributed by atoms with Crippen molar-refractivity contribution in [3.05, 3.63) is 0 Å². The van der Waals surface area contributed by atoms with Crippen LogP contribution in [0, 0.1) is 0 Å². The van der Waals surface area contributed by atoms with Crippen molar-refractivity contribution in [1.29, 1.82) is 0 Å². The van der Waals surface area contributed by atoms with Gasteiger partial charge in [-0.3, -0.25) is 9.59 Å². The van der Waals surface area contributed by atoms with Crippen molar-refractivity contribution in [2.24, 2.45) is 0 Å². The van der Waals surface area contributed by atoms with E-state index < -0.39 is 15.4 Å². The molecule has 1 aliphatic heterocycles. The average molecular weight is 306 g/mol. The Morgan fingerprint density at radius 3 is 2.60 bits per heavy atom. The Hall–Kier alpha value is -1.15. The second-order valence-corrected chi connectivity index (χ2v) is 7.37. The van der Waals surface area contributed by atoms with Gasteiger partial charge in [-0.2, -0.15) is 0 Å². The van der Waals surface area contributed by atoms with Crippen LogP contribution in [0.25, 0.3) is 0 Å². The van der Waals surface area contributed by atoms with Crippen LogP contribution in [0.5, 0.6) is 0 Å². The molecule has 1 saturated heterocycles. The molecule has 0 aromatic carbocycles. The molecule has 20 heavy (non-hydrogen) atoms. The minimum Gasteiger partial charge on any atom is -0.466 e. The van der Waals surface area contributed by atoms with Crippen molar-refractivity contribution in [2.45, 2.75) is 32.2 Å². The number of carbonyl (C=O) groups excluding carboxylic acids is 2. The van der Waals surface area contributed by atoms with E-state index in [0.717, 1.165) is 0 Å². The zero-order valence-corrected chi connectivity index (χ0v) is 12.7. The van der Waals surface area contributed by atoms with E-state index in [1.807, 2.05) is 0 Å². The van der Waals surface area contributed by atoms with Gasteiger partial charge in [0.05, 0.1) is 36.6 Å². The summed E-state index contributed by atoms with van der Waals surface area (Å²) in [6.07, 6.45) is 0.636. The monoisotopic (exact) mass is 306 g/mol. The van der Waals surface area contributed by atoms with Gasteiger partial charge in [0.1, 0.15) is 0 Å². The van der Waals surface area contributed by atoms with Crippen molar-refractivity contribution in [2.75, 3.05) is 31.2 Å². The van der Waals surface area contributed by atoms with Crippen LogP contribution in [-0.4, -0.2) is 57.0 Å². The highest BCUT2D eigenvalue weighted by atomic mass is 32.2. The molecule has 0 aromatic heterocycles. The molecule has 1 unspecified atom stereocenters. The Balaban J connectivity index is 2.23. The molecule has 0 bridgehead atoms.